The first kappa shape index (κ1) is 11.6. The summed E-state index contributed by atoms with van der Waals surface area (Å²) >= 11 is 0. The molecule has 2 aromatic rings. The number of piperazine rings is 1. The molecule has 96 valence electrons. The van der Waals surface area contributed by atoms with Gasteiger partial charge in [0.15, 0.2) is 5.58 Å². The summed E-state index contributed by atoms with van der Waals surface area (Å²) in [6.45, 7) is 5.67. The molecule has 0 radical (unpaired) electrons. The van der Waals surface area contributed by atoms with Crippen molar-refractivity contribution in [3.05, 3.63) is 29.7 Å². The van der Waals surface area contributed by atoms with E-state index in [4.69, 9.17) is 10.2 Å². The van der Waals surface area contributed by atoms with Gasteiger partial charge in [0, 0.05) is 32.7 Å². The summed E-state index contributed by atoms with van der Waals surface area (Å²) in [5.41, 5.74) is 8.53. The molecule has 18 heavy (non-hydrogen) atoms. The number of oxazole rings is 1. The molecule has 1 aromatic heterocycles. The van der Waals surface area contributed by atoms with E-state index in [-0.39, 0.29) is 0 Å². The molecule has 1 fully saturated rings. The van der Waals surface area contributed by atoms with Gasteiger partial charge < -0.3 is 15.5 Å². The minimum atomic E-state index is 0.349. The van der Waals surface area contributed by atoms with E-state index < -0.39 is 0 Å². The molecule has 5 heteroatoms. The summed E-state index contributed by atoms with van der Waals surface area (Å²) in [6, 6.07) is 6.19. The smallest absolute Gasteiger partial charge is 0.209 e. The third-order valence-corrected chi connectivity index (χ3v) is 3.29. The van der Waals surface area contributed by atoms with Crippen LogP contribution < -0.4 is 11.1 Å². The summed E-state index contributed by atoms with van der Waals surface area (Å²) in [5, 5.41) is 3.36. The fourth-order valence-corrected chi connectivity index (χ4v) is 2.33. The van der Waals surface area contributed by atoms with Gasteiger partial charge in [-0.25, -0.2) is 4.98 Å². The fourth-order valence-electron chi connectivity index (χ4n) is 2.33. The molecular weight excluding hydrogens is 228 g/mol. The Balaban J connectivity index is 1.79. The lowest BCUT2D eigenvalue weighted by atomic mass is 10.2. The molecule has 5 nitrogen and oxygen atoms in total. The number of rotatable bonds is 3. The predicted molar refractivity (Wildman–Crippen MR) is 70.0 cm³/mol. The third-order valence-electron chi connectivity index (χ3n) is 3.29. The number of benzene rings is 1. The maximum Gasteiger partial charge on any atom is 0.209 e. The molecule has 0 amide bonds. The minimum absolute atomic E-state index is 0.349. The first-order valence-corrected chi connectivity index (χ1v) is 6.36. The van der Waals surface area contributed by atoms with E-state index in [1.165, 1.54) is 5.56 Å². The Morgan fingerprint density at radius 1 is 1.33 bits per heavy atom. The van der Waals surface area contributed by atoms with Crippen molar-refractivity contribution in [1.29, 1.82) is 0 Å². The molecule has 1 aromatic carbocycles. The van der Waals surface area contributed by atoms with E-state index >= 15 is 0 Å². The standard InChI is InChI=1S/C13H18N4O/c14-8-13-16-11-7-10(1-2-12(11)18-13)9-17-5-3-15-4-6-17/h1-2,7,15H,3-6,8-9,14H2. The van der Waals surface area contributed by atoms with Crippen molar-refractivity contribution >= 4 is 11.1 Å². The molecule has 0 unspecified atom stereocenters. The van der Waals surface area contributed by atoms with E-state index in [1.807, 2.05) is 6.07 Å². The Bertz CT molecular complexity index is 531. The maximum absolute atomic E-state index is 5.53. The van der Waals surface area contributed by atoms with Crippen molar-refractivity contribution in [3.8, 4) is 0 Å². The van der Waals surface area contributed by atoms with Gasteiger partial charge in [-0.15, -0.1) is 0 Å². The third kappa shape index (κ3) is 2.38. The SMILES string of the molecule is NCc1nc2cc(CN3CCNCC3)ccc2o1. The lowest BCUT2D eigenvalue weighted by molar-refractivity contribution is 0.233. The molecule has 2 heterocycles. The van der Waals surface area contributed by atoms with Crippen LogP contribution in [0, 0.1) is 0 Å². The van der Waals surface area contributed by atoms with Crippen LogP contribution in [-0.4, -0.2) is 36.1 Å². The fraction of sp³-hybridized carbons (Fsp3) is 0.462. The second-order valence-corrected chi connectivity index (χ2v) is 4.64. The monoisotopic (exact) mass is 246 g/mol. The largest absolute Gasteiger partial charge is 0.439 e. The molecule has 0 aliphatic carbocycles. The average Bonchev–Trinajstić information content (AvgIpc) is 2.82. The summed E-state index contributed by atoms with van der Waals surface area (Å²) in [5.74, 6) is 0.601. The molecule has 0 atom stereocenters. The van der Waals surface area contributed by atoms with Crippen molar-refractivity contribution in [1.82, 2.24) is 15.2 Å². The quantitative estimate of drug-likeness (QED) is 0.834. The number of nitrogens with zero attached hydrogens (tertiary/aromatic N) is 2. The normalized spacial score (nSPS) is 17.4. The van der Waals surface area contributed by atoms with E-state index in [2.05, 4.69) is 27.3 Å². The average molecular weight is 246 g/mol. The highest BCUT2D eigenvalue weighted by Gasteiger charge is 2.11. The molecule has 0 bridgehead atoms. The molecule has 1 aliphatic rings. The van der Waals surface area contributed by atoms with Gasteiger partial charge in [-0.05, 0) is 17.7 Å². The number of hydrogen-bond donors (Lipinski definition) is 2. The zero-order chi connectivity index (χ0) is 12.4. The van der Waals surface area contributed by atoms with Gasteiger partial charge >= 0.3 is 0 Å². The van der Waals surface area contributed by atoms with Crippen LogP contribution in [-0.2, 0) is 13.1 Å². The van der Waals surface area contributed by atoms with Gasteiger partial charge in [0.25, 0.3) is 0 Å². The van der Waals surface area contributed by atoms with Crippen molar-refractivity contribution in [2.75, 3.05) is 26.2 Å². The maximum atomic E-state index is 5.53. The summed E-state index contributed by atoms with van der Waals surface area (Å²) in [4.78, 5) is 6.81. The highest BCUT2D eigenvalue weighted by molar-refractivity contribution is 5.73. The lowest BCUT2D eigenvalue weighted by Gasteiger charge is -2.27. The molecule has 1 saturated heterocycles. The summed E-state index contributed by atoms with van der Waals surface area (Å²) in [7, 11) is 0. The number of nitrogens with one attached hydrogen (secondary N) is 1. The van der Waals surface area contributed by atoms with Crippen molar-refractivity contribution in [3.63, 3.8) is 0 Å². The molecule has 0 spiro atoms. The zero-order valence-corrected chi connectivity index (χ0v) is 10.4. The highest BCUT2D eigenvalue weighted by Crippen LogP contribution is 2.18. The first-order chi connectivity index (χ1) is 8.85. The Morgan fingerprint density at radius 2 is 2.17 bits per heavy atom. The van der Waals surface area contributed by atoms with Crippen LogP contribution >= 0.6 is 0 Å². The van der Waals surface area contributed by atoms with Crippen LogP contribution in [0.1, 0.15) is 11.5 Å². The van der Waals surface area contributed by atoms with Gasteiger partial charge in [-0.1, -0.05) is 6.07 Å². The Kier molecular flexibility index (Phi) is 3.27. The minimum Gasteiger partial charge on any atom is -0.439 e. The van der Waals surface area contributed by atoms with Gasteiger partial charge in [0.05, 0.1) is 6.54 Å². The van der Waals surface area contributed by atoms with Crippen molar-refractivity contribution in [2.24, 2.45) is 5.73 Å². The van der Waals surface area contributed by atoms with Gasteiger partial charge in [0.2, 0.25) is 5.89 Å². The van der Waals surface area contributed by atoms with Gasteiger partial charge in [0.1, 0.15) is 5.52 Å². The van der Waals surface area contributed by atoms with E-state index in [9.17, 15) is 0 Å². The van der Waals surface area contributed by atoms with Gasteiger partial charge in [-0.2, -0.15) is 0 Å². The molecule has 0 saturated carbocycles. The van der Waals surface area contributed by atoms with Crippen molar-refractivity contribution in [2.45, 2.75) is 13.1 Å². The first-order valence-electron chi connectivity index (χ1n) is 6.36. The van der Waals surface area contributed by atoms with Crippen LogP contribution in [0.15, 0.2) is 22.6 Å². The number of nitrogens with two attached hydrogens (primary N) is 1. The Labute approximate surface area is 106 Å². The van der Waals surface area contributed by atoms with E-state index in [0.29, 0.717) is 12.4 Å². The molecule has 3 rings (SSSR count). The molecule has 3 N–H and O–H groups in total. The van der Waals surface area contributed by atoms with Crippen LogP contribution in [0.4, 0.5) is 0 Å². The topological polar surface area (TPSA) is 67.3 Å². The second kappa shape index (κ2) is 5.06. The number of hydrogen-bond acceptors (Lipinski definition) is 5. The summed E-state index contributed by atoms with van der Waals surface area (Å²) < 4.78 is 5.50. The zero-order valence-electron chi connectivity index (χ0n) is 10.4. The van der Waals surface area contributed by atoms with Crippen molar-refractivity contribution < 1.29 is 4.42 Å². The number of aromatic nitrogens is 1. The second-order valence-electron chi connectivity index (χ2n) is 4.64. The Hall–Kier alpha value is -1.43. The lowest BCUT2D eigenvalue weighted by Crippen LogP contribution is -2.42. The number of fused-ring (bicyclic) bond motifs is 1. The van der Waals surface area contributed by atoms with Crippen LogP contribution in [0.2, 0.25) is 0 Å². The summed E-state index contributed by atoms with van der Waals surface area (Å²) in [6.07, 6.45) is 0. The molecular formula is C13H18N4O. The van der Waals surface area contributed by atoms with Crippen LogP contribution in [0.25, 0.3) is 11.1 Å². The predicted octanol–water partition coefficient (Wildman–Crippen LogP) is 0.692. The van der Waals surface area contributed by atoms with E-state index in [0.717, 1.165) is 43.8 Å². The van der Waals surface area contributed by atoms with E-state index in [1.54, 1.807) is 0 Å². The Morgan fingerprint density at radius 3 is 2.94 bits per heavy atom. The van der Waals surface area contributed by atoms with Crippen LogP contribution in [0.5, 0.6) is 0 Å². The van der Waals surface area contributed by atoms with Gasteiger partial charge in [-0.3, -0.25) is 4.90 Å². The highest BCUT2D eigenvalue weighted by atomic mass is 16.3. The van der Waals surface area contributed by atoms with Crippen LogP contribution in [0.3, 0.4) is 0 Å². The molecule has 1 aliphatic heterocycles.